The third-order valence-electron chi connectivity index (χ3n) is 4.64. The molecule has 1 aromatic carbocycles. The lowest BCUT2D eigenvalue weighted by Gasteiger charge is -2.19. The Bertz CT molecular complexity index is 1040. The van der Waals surface area contributed by atoms with Crippen molar-refractivity contribution < 1.29 is 9.47 Å². The zero-order valence-electron chi connectivity index (χ0n) is 16.2. The Balaban J connectivity index is 2.27. The summed E-state index contributed by atoms with van der Waals surface area (Å²) in [5, 5.41) is 10.9. The molecule has 0 unspecified atom stereocenters. The minimum Gasteiger partial charge on any atom is -0.493 e. The molecule has 3 aromatic rings. The van der Waals surface area contributed by atoms with Gasteiger partial charge in [-0.2, -0.15) is 0 Å². The van der Waals surface area contributed by atoms with Crippen molar-refractivity contribution in [3.63, 3.8) is 0 Å². The first-order chi connectivity index (χ1) is 13.4. The van der Waals surface area contributed by atoms with Crippen LogP contribution in [0.2, 0.25) is 0 Å². The lowest BCUT2D eigenvalue weighted by Crippen LogP contribution is -2.20. The predicted octanol–water partition coefficient (Wildman–Crippen LogP) is 3.08. The topological polar surface area (TPSA) is 116 Å². The summed E-state index contributed by atoms with van der Waals surface area (Å²) < 4.78 is 12.0. The quantitative estimate of drug-likeness (QED) is 0.442. The van der Waals surface area contributed by atoms with Gasteiger partial charge in [-0.15, -0.1) is 0 Å². The second-order valence-electron chi connectivity index (χ2n) is 6.55. The van der Waals surface area contributed by atoms with E-state index >= 15 is 0 Å². The molecule has 0 saturated heterocycles. The van der Waals surface area contributed by atoms with Gasteiger partial charge in [0.2, 0.25) is 0 Å². The predicted molar refractivity (Wildman–Crippen MR) is 110 cm³/mol. The van der Waals surface area contributed by atoms with Crippen molar-refractivity contribution in [2.45, 2.75) is 33.1 Å². The number of hydrogen-bond acceptors (Lipinski definition) is 4. The van der Waals surface area contributed by atoms with E-state index in [1.165, 1.54) is 0 Å². The minimum absolute atomic E-state index is 0.274. The van der Waals surface area contributed by atoms with Crippen molar-refractivity contribution in [1.29, 1.82) is 0 Å². The van der Waals surface area contributed by atoms with Gasteiger partial charge in [-0.25, -0.2) is 0 Å². The lowest BCUT2D eigenvalue weighted by molar-refractivity contribution is 0.292. The smallest absolute Gasteiger partial charge is 0.268 e. The van der Waals surface area contributed by atoms with Gasteiger partial charge in [0.15, 0.2) is 11.5 Å². The molecule has 0 bridgehead atoms. The molecule has 0 radical (unpaired) electrons. The number of halogens is 1. The van der Waals surface area contributed by atoms with Crippen molar-refractivity contribution in [1.82, 2.24) is 20.4 Å². The largest absolute Gasteiger partial charge is 0.493 e. The highest BCUT2D eigenvalue weighted by molar-refractivity contribution is 9.10. The average molecular weight is 451 g/mol. The number of ether oxygens (including phenoxy) is 2. The number of methoxy groups -OCH3 is 1. The van der Waals surface area contributed by atoms with E-state index in [1.54, 1.807) is 27.0 Å². The molecule has 0 aliphatic heterocycles. The van der Waals surface area contributed by atoms with Crippen LogP contribution in [0.4, 0.5) is 0 Å². The summed E-state index contributed by atoms with van der Waals surface area (Å²) in [4.78, 5) is 25.1. The van der Waals surface area contributed by atoms with Gasteiger partial charge >= 0.3 is 0 Å². The number of aromatic amines is 4. The van der Waals surface area contributed by atoms with E-state index in [0.29, 0.717) is 45.1 Å². The third kappa shape index (κ3) is 3.54. The zero-order valence-corrected chi connectivity index (χ0v) is 17.7. The van der Waals surface area contributed by atoms with Gasteiger partial charge < -0.3 is 19.7 Å². The lowest BCUT2D eigenvalue weighted by atomic mass is 9.85. The molecule has 8 nitrogen and oxygen atoms in total. The van der Waals surface area contributed by atoms with Crippen molar-refractivity contribution in [2.24, 2.45) is 0 Å². The van der Waals surface area contributed by atoms with Gasteiger partial charge in [0.05, 0.1) is 29.3 Å². The number of rotatable bonds is 7. The molecule has 0 amide bonds. The average Bonchev–Trinajstić information content (AvgIpc) is 3.17. The molecule has 0 aliphatic rings. The Labute approximate surface area is 169 Å². The summed E-state index contributed by atoms with van der Waals surface area (Å²) in [6.07, 6.45) is 0.857. The van der Waals surface area contributed by atoms with E-state index in [0.717, 1.165) is 12.0 Å². The first kappa shape index (κ1) is 20.1. The van der Waals surface area contributed by atoms with E-state index in [1.807, 2.05) is 13.0 Å². The van der Waals surface area contributed by atoms with Gasteiger partial charge in [0, 0.05) is 17.3 Å². The molecule has 0 saturated carbocycles. The van der Waals surface area contributed by atoms with E-state index in [9.17, 15) is 9.59 Å². The van der Waals surface area contributed by atoms with Crippen molar-refractivity contribution in [3.8, 4) is 11.5 Å². The minimum atomic E-state index is -0.588. The van der Waals surface area contributed by atoms with Crippen LogP contribution in [0.5, 0.6) is 11.5 Å². The van der Waals surface area contributed by atoms with Gasteiger partial charge in [0.25, 0.3) is 11.1 Å². The number of hydrogen-bond donors (Lipinski definition) is 4. The normalized spacial score (nSPS) is 11.2. The van der Waals surface area contributed by atoms with Gasteiger partial charge in [-0.3, -0.25) is 19.8 Å². The van der Waals surface area contributed by atoms with Crippen LogP contribution in [0.15, 0.2) is 26.2 Å². The number of nitrogens with one attached hydrogen (secondary N) is 4. The van der Waals surface area contributed by atoms with E-state index in [-0.39, 0.29) is 11.1 Å². The Kier molecular flexibility index (Phi) is 5.83. The molecular weight excluding hydrogens is 428 g/mol. The highest BCUT2D eigenvalue weighted by Gasteiger charge is 2.29. The Morgan fingerprint density at radius 2 is 1.57 bits per heavy atom. The van der Waals surface area contributed by atoms with Crippen LogP contribution in [0, 0.1) is 13.8 Å². The van der Waals surface area contributed by atoms with Crippen molar-refractivity contribution >= 4 is 15.9 Å². The SMILES string of the molecule is CCCOc1c(Br)cc(C(c2c(C)[nH][nH]c2=O)c2c(C)[nH][nH]c2=O)cc1OC. The second kappa shape index (κ2) is 8.14. The highest BCUT2D eigenvalue weighted by atomic mass is 79.9. The van der Waals surface area contributed by atoms with E-state index < -0.39 is 5.92 Å². The van der Waals surface area contributed by atoms with Crippen LogP contribution < -0.4 is 20.6 Å². The molecule has 2 heterocycles. The van der Waals surface area contributed by atoms with Crippen LogP contribution in [-0.4, -0.2) is 34.1 Å². The fourth-order valence-electron chi connectivity index (χ4n) is 3.33. The molecule has 0 fully saturated rings. The van der Waals surface area contributed by atoms with Crippen molar-refractivity contribution in [3.05, 3.63) is 65.4 Å². The Morgan fingerprint density at radius 1 is 1.00 bits per heavy atom. The third-order valence-corrected chi connectivity index (χ3v) is 5.23. The molecule has 2 aromatic heterocycles. The molecule has 0 spiro atoms. The highest BCUT2D eigenvalue weighted by Crippen LogP contribution is 2.41. The zero-order chi connectivity index (χ0) is 20.4. The van der Waals surface area contributed by atoms with Crippen LogP contribution in [0.25, 0.3) is 0 Å². The summed E-state index contributed by atoms with van der Waals surface area (Å²) in [6, 6.07) is 3.66. The number of benzene rings is 1. The maximum absolute atomic E-state index is 12.5. The van der Waals surface area contributed by atoms with Crippen LogP contribution in [0.1, 0.15) is 47.3 Å². The van der Waals surface area contributed by atoms with Crippen LogP contribution in [0.3, 0.4) is 0 Å². The maximum atomic E-state index is 12.5. The van der Waals surface area contributed by atoms with E-state index in [2.05, 4.69) is 36.3 Å². The summed E-state index contributed by atoms with van der Waals surface area (Å²) in [7, 11) is 1.56. The standard InChI is InChI=1S/C19H23BrN4O4/c1-5-6-28-17-12(20)7-11(8-13(17)27-4)16(14-9(2)21-23-18(14)25)15-10(3)22-24-19(15)26/h7-8,16H,5-6H2,1-4H3,(H2,21,23,25)(H2,22,24,26). The molecule has 3 rings (SSSR count). The fraction of sp³-hybridized carbons (Fsp3) is 0.368. The monoisotopic (exact) mass is 450 g/mol. The Hall–Kier alpha value is -2.68. The van der Waals surface area contributed by atoms with Gasteiger partial charge in [0.1, 0.15) is 0 Å². The van der Waals surface area contributed by atoms with Crippen molar-refractivity contribution in [2.75, 3.05) is 13.7 Å². The molecular formula is C19H23BrN4O4. The second-order valence-corrected chi connectivity index (χ2v) is 7.41. The number of aryl methyl sites for hydroxylation is 2. The number of H-pyrrole nitrogens is 4. The molecule has 28 heavy (non-hydrogen) atoms. The fourth-order valence-corrected chi connectivity index (χ4v) is 3.91. The van der Waals surface area contributed by atoms with Crippen LogP contribution >= 0.6 is 15.9 Å². The van der Waals surface area contributed by atoms with Crippen LogP contribution in [-0.2, 0) is 0 Å². The van der Waals surface area contributed by atoms with Gasteiger partial charge in [-0.05, 0) is 53.9 Å². The molecule has 4 N–H and O–H groups in total. The molecule has 0 atom stereocenters. The molecule has 150 valence electrons. The van der Waals surface area contributed by atoms with Gasteiger partial charge in [-0.1, -0.05) is 6.92 Å². The summed E-state index contributed by atoms with van der Waals surface area (Å²) in [6.45, 7) is 6.15. The summed E-state index contributed by atoms with van der Waals surface area (Å²) >= 11 is 3.55. The molecule has 9 heteroatoms. The maximum Gasteiger partial charge on any atom is 0.268 e. The number of aromatic nitrogens is 4. The first-order valence-electron chi connectivity index (χ1n) is 8.93. The summed E-state index contributed by atoms with van der Waals surface area (Å²) in [5.74, 6) is 0.527. The molecule has 0 aliphatic carbocycles. The first-order valence-corrected chi connectivity index (χ1v) is 9.72. The van der Waals surface area contributed by atoms with E-state index in [4.69, 9.17) is 9.47 Å². The summed E-state index contributed by atoms with van der Waals surface area (Å²) in [5.41, 5.74) is 2.46. The Morgan fingerprint density at radius 3 is 2.00 bits per heavy atom.